The Labute approximate surface area is 224 Å². The maximum Gasteiger partial charge on any atom is 0.339 e. The van der Waals surface area contributed by atoms with Crippen molar-refractivity contribution in [2.45, 2.75) is 43.6 Å². The number of ether oxygens (including phenoxy) is 3. The number of benzene rings is 2. The molecule has 5 N–H and O–H groups in total. The van der Waals surface area contributed by atoms with Gasteiger partial charge in [-0.3, -0.25) is 9.80 Å². The molecular weight excluding hydrogens is 520 g/mol. The molecule has 0 saturated carbocycles. The fourth-order valence-corrected chi connectivity index (χ4v) is 5.70. The van der Waals surface area contributed by atoms with E-state index >= 15 is 0 Å². The van der Waals surface area contributed by atoms with Crippen LogP contribution in [0.3, 0.4) is 0 Å². The molecule has 2 aromatic rings. The molecule has 0 aliphatic carbocycles. The number of piperazine rings is 1. The van der Waals surface area contributed by atoms with Crippen molar-refractivity contribution in [3.8, 4) is 17.2 Å². The normalized spacial score (nSPS) is 27.9. The zero-order valence-corrected chi connectivity index (χ0v) is 21.5. The number of halogens is 1. The first-order chi connectivity index (χ1) is 18.2. The lowest BCUT2D eigenvalue weighted by Gasteiger charge is -2.45. The van der Waals surface area contributed by atoms with Crippen molar-refractivity contribution in [1.82, 2.24) is 9.80 Å². The lowest BCUT2D eigenvalue weighted by Crippen LogP contribution is -2.58. The minimum absolute atomic E-state index is 0.0140. The molecule has 5 atom stereocenters. The van der Waals surface area contributed by atoms with Gasteiger partial charge in [0.2, 0.25) is 5.75 Å². The van der Waals surface area contributed by atoms with Crippen LogP contribution in [0.5, 0.6) is 17.2 Å². The fourth-order valence-electron chi connectivity index (χ4n) is 5.49. The van der Waals surface area contributed by atoms with Crippen LogP contribution >= 0.6 is 11.6 Å². The van der Waals surface area contributed by atoms with Crippen LogP contribution in [0.4, 0.5) is 0 Å². The number of phenolic OH excluding ortho intramolecular Hbond substituents is 2. The second-order valence-electron chi connectivity index (χ2n) is 9.81. The van der Waals surface area contributed by atoms with Crippen molar-refractivity contribution in [3.63, 3.8) is 0 Å². The van der Waals surface area contributed by atoms with E-state index in [1.807, 2.05) is 24.3 Å². The molecule has 38 heavy (non-hydrogen) atoms. The zero-order chi connectivity index (χ0) is 27.1. The van der Waals surface area contributed by atoms with Gasteiger partial charge in [-0.1, -0.05) is 23.7 Å². The van der Waals surface area contributed by atoms with Crippen molar-refractivity contribution in [2.24, 2.45) is 0 Å². The number of fused-ring (bicyclic) bond motifs is 3. The van der Waals surface area contributed by atoms with Crippen molar-refractivity contribution >= 4 is 17.6 Å². The molecule has 0 radical (unpaired) electrons. The van der Waals surface area contributed by atoms with Crippen molar-refractivity contribution < 1.29 is 44.5 Å². The van der Waals surface area contributed by atoms with E-state index < -0.39 is 54.6 Å². The molecule has 0 aromatic heterocycles. The summed E-state index contributed by atoms with van der Waals surface area (Å²) in [5.41, 5.74) is 1.22. The minimum atomic E-state index is -1.56. The van der Waals surface area contributed by atoms with Gasteiger partial charge in [-0.05, 0) is 17.7 Å². The summed E-state index contributed by atoms with van der Waals surface area (Å²) in [6, 6.07) is 7.71. The first-order valence-electron chi connectivity index (χ1n) is 12.4. The molecule has 206 valence electrons. The SMILES string of the molecule is COc1c(O)c(CN2CCN(Cc3cccc(Cl)c3)CC2)c2c(c1O)C1O[C@H](CO)[C@@H](O)[C@H](O)C1OC2=O. The molecule has 2 saturated heterocycles. The molecule has 12 heteroatoms. The molecule has 2 unspecified atom stereocenters. The van der Waals surface area contributed by atoms with E-state index in [1.165, 1.54) is 7.11 Å². The summed E-state index contributed by atoms with van der Waals surface area (Å²) in [6.45, 7) is 3.08. The van der Waals surface area contributed by atoms with E-state index in [2.05, 4.69) is 9.80 Å². The smallest absolute Gasteiger partial charge is 0.339 e. The van der Waals surface area contributed by atoms with Crippen molar-refractivity contribution in [2.75, 3.05) is 39.9 Å². The van der Waals surface area contributed by atoms with Gasteiger partial charge in [0.15, 0.2) is 17.6 Å². The number of phenols is 2. The monoisotopic (exact) mass is 550 g/mol. The van der Waals surface area contributed by atoms with E-state index in [4.69, 9.17) is 25.8 Å². The number of carbonyl (C=O) groups excluding carboxylic acids is 1. The standard InChI is InChI=1S/C26H31ClN2O9/c1-36-24-19(31)15(11-29-7-5-28(6-8-29)10-13-3-2-4-14(27)9-13)17-18(21(24)33)23-25(38-26(17)35)22(34)20(32)16(12-30)37-23/h2-4,9,16,20,22-23,25,30-34H,5-8,10-12H2,1H3/t16-,20-,22+,23?,25?/m1/s1. The summed E-state index contributed by atoms with van der Waals surface area (Å²) >= 11 is 6.11. The Morgan fingerprint density at radius 3 is 2.37 bits per heavy atom. The van der Waals surface area contributed by atoms with Gasteiger partial charge in [0.25, 0.3) is 0 Å². The number of hydrogen-bond donors (Lipinski definition) is 5. The Balaban J connectivity index is 1.42. The van der Waals surface area contributed by atoms with Gasteiger partial charge in [0.1, 0.15) is 24.4 Å². The Hall–Kier alpha value is -2.64. The highest BCUT2D eigenvalue weighted by molar-refractivity contribution is 6.30. The molecule has 11 nitrogen and oxygen atoms in total. The van der Waals surface area contributed by atoms with E-state index in [1.54, 1.807) is 0 Å². The number of rotatable bonds is 6. The molecule has 5 rings (SSSR count). The van der Waals surface area contributed by atoms with Crippen LogP contribution < -0.4 is 4.74 Å². The number of hydrogen-bond acceptors (Lipinski definition) is 11. The minimum Gasteiger partial charge on any atom is -0.504 e. The number of esters is 1. The Kier molecular flexibility index (Phi) is 7.70. The van der Waals surface area contributed by atoms with Crippen LogP contribution in [0.1, 0.15) is 33.2 Å². The number of aromatic hydroxyl groups is 2. The predicted octanol–water partition coefficient (Wildman–Crippen LogP) is 0.771. The third kappa shape index (κ3) is 4.79. The lowest BCUT2D eigenvalue weighted by atomic mass is 9.84. The van der Waals surface area contributed by atoms with Crippen LogP contribution in [0.15, 0.2) is 24.3 Å². The highest BCUT2D eigenvalue weighted by atomic mass is 35.5. The number of aliphatic hydroxyl groups excluding tert-OH is 3. The molecule has 3 heterocycles. The van der Waals surface area contributed by atoms with E-state index in [-0.39, 0.29) is 29.0 Å². The predicted molar refractivity (Wildman–Crippen MR) is 134 cm³/mol. The average Bonchev–Trinajstić information content (AvgIpc) is 2.90. The maximum absolute atomic E-state index is 13.2. The quantitative estimate of drug-likeness (QED) is 0.324. The molecule has 0 bridgehead atoms. The van der Waals surface area contributed by atoms with Gasteiger partial charge in [-0.15, -0.1) is 0 Å². The molecular formula is C26H31ClN2O9. The van der Waals surface area contributed by atoms with Gasteiger partial charge < -0.3 is 39.7 Å². The van der Waals surface area contributed by atoms with Crippen molar-refractivity contribution in [1.29, 1.82) is 0 Å². The van der Waals surface area contributed by atoms with Gasteiger partial charge in [-0.25, -0.2) is 4.79 Å². The number of carbonyl (C=O) groups is 1. The summed E-state index contributed by atoms with van der Waals surface area (Å²) in [7, 11) is 1.27. The van der Waals surface area contributed by atoms with Gasteiger partial charge >= 0.3 is 5.97 Å². The molecule has 3 aliphatic rings. The summed E-state index contributed by atoms with van der Waals surface area (Å²) in [6.07, 6.45) is -6.75. The van der Waals surface area contributed by atoms with Crippen LogP contribution in [-0.4, -0.2) is 106 Å². The second-order valence-corrected chi connectivity index (χ2v) is 10.2. The average molecular weight is 551 g/mol. The molecule has 0 spiro atoms. The summed E-state index contributed by atoms with van der Waals surface area (Å²) in [5.74, 6) is -2.03. The zero-order valence-electron chi connectivity index (χ0n) is 20.8. The molecule has 2 fully saturated rings. The number of methoxy groups -OCH3 is 1. The summed E-state index contributed by atoms with van der Waals surface area (Å²) < 4.78 is 16.5. The molecule has 2 aromatic carbocycles. The maximum atomic E-state index is 13.2. The van der Waals surface area contributed by atoms with Gasteiger partial charge in [0, 0.05) is 55.4 Å². The number of aliphatic hydroxyl groups is 3. The first kappa shape index (κ1) is 26.9. The Morgan fingerprint density at radius 1 is 1.05 bits per heavy atom. The van der Waals surface area contributed by atoms with E-state index in [0.717, 1.165) is 25.2 Å². The summed E-state index contributed by atoms with van der Waals surface area (Å²) in [4.78, 5) is 17.5. The Morgan fingerprint density at radius 2 is 1.74 bits per heavy atom. The molecule has 3 aliphatic heterocycles. The van der Waals surface area contributed by atoms with Crippen molar-refractivity contribution in [3.05, 3.63) is 51.5 Å². The van der Waals surface area contributed by atoms with Crippen LogP contribution in [-0.2, 0) is 22.6 Å². The van der Waals surface area contributed by atoms with E-state index in [9.17, 15) is 30.3 Å². The Bertz CT molecular complexity index is 1200. The third-order valence-electron chi connectivity index (χ3n) is 7.49. The van der Waals surface area contributed by atoms with Crippen LogP contribution in [0, 0.1) is 0 Å². The lowest BCUT2D eigenvalue weighted by molar-refractivity contribution is -0.235. The van der Waals surface area contributed by atoms with Crippen LogP contribution in [0.25, 0.3) is 0 Å². The number of nitrogens with zero attached hydrogens (tertiary/aromatic N) is 2. The summed E-state index contributed by atoms with van der Waals surface area (Å²) in [5, 5.41) is 53.2. The largest absolute Gasteiger partial charge is 0.504 e. The van der Waals surface area contributed by atoms with E-state index in [0.29, 0.717) is 18.1 Å². The van der Waals surface area contributed by atoms with Gasteiger partial charge in [0.05, 0.1) is 19.3 Å². The highest BCUT2D eigenvalue weighted by Gasteiger charge is 2.53. The second kappa shape index (κ2) is 10.9. The third-order valence-corrected chi connectivity index (χ3v) is 7.72. The molecule has 0 amide bonds. The topological polar surface area (TPSA) is 152 Å². The first-order valence-corrected chi connectivity index (χ1v) is 12.8. The fraction of sp³-hybridized carbons (Fsp3) is 0.500. The van der Waals surface area contributed by atoms with Crippen LogP contribution in [0.2, 0.25) is 5.02 Å². The highest BCUT2D eigenvalue weighted by Crippen LogP contribution is 2.52. The van der Waals surface area contributed by atoms with Gasteiger partial charge in [-0.2, -0.15) is 0 Å².